The van der Waals surface area contributed by atoms with Gasteiger partial charge in [-0.2, -0.15) is 0 Å². The number of rotatable bonds is 0. The van der Waals surface area contributed by atoms with Gasteiger partial charge in [-0.05, 0) is 0 Å². The molecule has 0 aromatic rings. The lowest BCUT2D eigenvalue weighted by Crippen LogP contribution is -2.49. The summed E-state index contributed by atoms with van der Waals surface area (Å²) in [5, 5.41) is 2.59. The first-order chi connectivity index (χ1) is 4.10. The van der Waals surface area contributed by atoms with E-state index in [1.54, 1.807) is 0 Å². The van der Waals surface area contributed by atoms with Crippen LogP contribution in [-0.4, -0.2) is 28.8 Å². The molecule has 5 heteroatoms. The van der Waals surface area contributed by atoms with Gasteiger partial charge < -0.3 is 0 Å². The topological polar surface area (TPSA) is 15.3 Å². The predicted molar refractivity (Wildman–Crippen MR) is 38.5 cm³/mol. The van der Waals surface area contributed by atoms with Crippen molar-refractivity contribution in [3.63, 3.8) is 0 Å². The highest BCUT2D eigenvalue weighted by Gasteiger charge is 2.33. The van der Waals surface area contributed by atoms with Crippen molar-refractivity contribution in [2.75, 3.05) is 19.8 Å². The van der Waals surface area contributed by atoms with Crippen LogP contribution in [0.4, 0.5) is 8.78 Å². The second kappa shape index (κ2) is 2.63. The van der Waals surface area contributed by atoms with E-state index >= 15 is 0 Å². The maximum atomic E-state index is 12.3. The SMILES string of the molecule is FC1(F)CNCN(I)C1. The lowest BCUT2D eigenvalue weighted by molar-refractivity contribution is -0.0294. The molecule has 54 valence electrons. The van der Waals surface area contributed by atoms with E-state index in [1.807, 2.05) is 22.9 Å². The van der Waals surface area contributed by atoms with Crippen LogP contribution in [0, 0.1) is 0 Å². The Morgan fingerprint density at radius 2 is 2.22 bits per heavy atom. The largest absolute Gasteiger partial charge is 0.298 e. The van der Waals surface area contributed by atoms with Crippen molar-refractivity contribution in [1.29, 1.82) is 0 Å². The third-order valence-electron chi connectivity index (χ3n) is 1.07. The van der Waals surface area contributed by atoms with Crippen LogP contribution in [0.25, 0.3) is 0 Å². The molecule has 0 radical (unpaired) electrons. The van der Waals surface area contributed by atoms with E-state index in [0.717, 1.165) is 0 Å². The predicted octanol–water partition coefficient (Wildman–Crippen LogP) is 0.834. The minimum absolute atomic E-state index is 0.138. The van der Waals surface area contributed by atoms with E-state index < -0.39 is 5.92 Å². The number of hydrogen-bond acceptors (Lipinski definition) is 2. The average molecular weight is 248 g/mol. The zero-order chi connectivity index (χ0) is 6.91. The Morgan fingerprint density at radius 3 is 2.56 bits per heavy atom. The summed E-state index contributed by atoms with van der Waals surface area (Å²) in [5.41, 5.74) is 0. The van der Waals surface area contributed by atoms with Crippen LogP contribution in [-0.2, 0) is 0 Å². The van der Waals surface area contributed by atoms with Crippen LogP contribution in [0.15, 0.2) is 0 Å². The Labute approximate surface area is 66.1 Å². The normalized spacial score (nSPS) is 28.3. The Morgan fingerprint density at radius 1 is 1.56 bits per heavy atom. The molecule has 0 bridgehead atoms. The third-order valence-corrected chi connectivity index (χ3v) is 1.75. The summed E-state index contributed by atoms with van der Waals surface area (Å²) >= 11 is 1.87. The van der Waals surface area contributed by atoms with Crippen LogP contribution >= 0.6 is 22.9 Å². The molecule has 0 amide bonds. The molecular weight excluding hydrogens is 241 g/mol. The van der Waals surface area contributed by atoms with Gasteiger partial charge >= 0.3 is 0 Å². The van der Waals surface area contributed by atoms with Gasteiger partial charge in [-0.15, -0.1) is 0 Å². The zero-order valence-corrected chi connectivity index (χ0v) is 6.86. The van der Waals surface area contributed by atoms with E-state index in [4.69, 9.17) is 0 Å². The summed E-state index contributed by atoms with van der Waals surface area (Å²) in [5.74, 6) is -2.54. The monoisotopic (exact) mass is 248 g/mol. The maximum absolute atomic E-state index is 12.3. The minimum Gasteiger partial charge on any atom is -0.298 e. The zero-order valence-electron chi connectivity index (χ0n) is 4.70. The second-order valence-electron chi connectivity index (χ2n) is 2.06. The first-order valence-electron chi connectivity index (χ1n) is 2.59. The molecule has 1 aliphatic rings. The lowest BCUT2D eigenvalue weighted by atomic mass is 10.3. The molecule has 0 spiro atoms. The number of hydrogen-bond donors (Lipinski definition) is 1. The molecule has 0 aromatic heterocycles. The first kappa shape index (κ1) is 7.62. The van der Waals surface area contributed by atoms with E-state index in [1.165, 1.54) is 3.11 Å². The Hall–Kier alpha value is 0.510. The van der Waals surface area contributed by atoms with E-state index in [-0.39, 0.29) is 13.1 Å². The van der Waals surface area contributed by atoms with Gasteiger partial charge in [0.25, 0.3) is 5.92 Å². The van der Waals surface area contributed by atoms with Crippen LogP contribution in [0.2, 0.25) is 0 Å². The molecule has 0 aromatic carbocycles. The van der Waals surface area contributed by atoms with Crippen LogP contribution < -0.4 is 5.32 Å². The molecule has 1 fully saturated rings. The smallest absolute Gasteiger partial charge is 0.273 e. The average Bonchev–Trinajstić information content (AvgIpc) is 1.60. The van der Waals surface area contributed by atoms with Gasteiger partial charge in [0.05, 0.1) is 19.8 Å². The molecule has 9 heavy (non-hydrogen) atoms. The van der Waals surface area contributed by atoms with Crippen molar-refractivity contribution in [2.24, 2.45) is 0 Å². The fraction of sp³-hybridized carbons (Fsp3) is 1.00. The fourth-order valence-corrected chi connectivity index (χ4v) is 1.46. The van der Waals surface area contributed by atoms with Gasteiger partial charge in [0, 0.05) is 22.9 Å². The third kappa shape index (κ3) is 2.30. The Bertz CT molecular complexity index is 109. The molecule has 0 atom stereocenters. The second-order valence-corrected chi connectivity index (χ2v) is 3.43. The molecule has 1 heterocycles. The Kier molecular flexibility index (Phi) is 2.23. The number of nitrogens with zero attached hydrogens (tertiary/aromatic N) is 1. The fourth-order valence-electron chi connectivity index (χ4n) is 0.723. The number of nitrogens with one attached hydrogen (secondary N) is 1. The summed E-state index contributed by atoms with van der Waals surface area (Å²) in [6.45, 7) is 0.225. The molecule has 1 saturated heterocycles. The van der Waals surface area contributed by atoms with Crippen LogP contribution in [0.3, 0.4) is 0 Å². The molecule has 0 saturated carbocycles. The molecule has 0 aliphatic carbocycles. The molecular formula is C4H7F2IN2. The van der Waals surface area contributed by atoms with Crippen LogP contribution in [0.5, 0.6) is 0 Å². The van der Waals surface area contributed by atoms with Gasteiger partial charge in [0.1, 0.15) is 0 Å². The quantitative estimate of drug-likeness (QED) is 0.504. The molecule has 2 nitrogen and oxygen atoms in total. The summed E-state index contributed by atoms with van der Waals surface area (Å²) in [4.78, 5) is 0. The van der Waals surface area contributed by atoms with Crippen molar-refractivity contribution < 1.29 is 8.78 Å². The van der Waals surface area contributed by atoms with Gasteiger partial charge in [0.2, 0.25) is 0 Å². The lowest BCUT2D eigenvalue weighted by Gasteiger charge is -2.28. The van der Waals surface area contributed by atoms with Crippen molar-refractivity contribution in [3.8, 4) is 0 Å². The Balaban J connectivity index is 2.41. The highest BCUT2D eigenvalue weighted by molar-refractivity contribution is 14.1. The van der Waals surface area contributed by atoms with Gasteiger partial charge in [-0.1, -0.05) is 0 Å². The van der Waals surface area contributed by atoms with Crippen molar-refractivity contribution >= 4 is 22.9 Å². The molecule has 1 rings (SSSR count). The summed E-state index contributed by atoms with van der Waals surface area (Å²) in [7, 11) is 0. The van der Waals surface area contributed by atoms with Crippen molar-refractivity contribution in [3.05, 3.63) is 0 Å². The minimum atomic E-state index is -2.54. The molecule has 1 N–H and O–H groups in total. The van der Waals surface area contributed by atoms with Crippen LogP contribution in [0.1, 0.15) is 0 Å². The first-order valence-corrected chi connectivity index (χ1v) is 3.56. The van der Waals surface area contributed by atoms with E-state index in [0.29, 0.717) is 6.67 Å². The van der Waals surface area contributed by atoms with Crippen molar-refractivity contribution in [2.45, 2.75) is 5.92 Å². The number of alkyl halides is 2. The summed E-state index contributed by atoms with van der Waals surface area (Å²) < 4.78 is 26.2. The van der Waals surface area contributed by atoms with Crippen molar-refractivity contribution in [1.82, 2.24) is 8.43 Å². The summed E-state index contributed by atoms with van der Waals surface area (Å²) in [6.07, 6.45) is 0. The van der Waals surface area contributed by atoms with Gasteiger partial charge in [-0.3, -0.25) is 5.32 Å². The molecule has 0 unspecified atom stereocenters. The summed E-state index contributed by atoms with van der Waals surface area (Å²) in [6, 6.07) is 0. The van der Waals surface area contributed by atoms with E-state index in [9.17, 15) is 8.78 Å². The highest BCUT2D eigenvalue weighted by Crippen LogP contribution is 2.18. The van der Waals surface area contributed by atoms with Gasteiger partial charge in [0.15, 0.2) is 0 Å². The highest BCUT2D eigenvalue weighted by atomic mass is 127. The maximum Gasteiger partial charge on any atom is 0.273 e. The molecule has 1 aliphatic heterocycles. The number of halogens is 3. The standard InChI is InChI=1S/C4H7F2IN2/c5-4(6)1-8-3-9(7)2-4/h8H,1-3H2. The van der Waals surface area contributed by atoms with Gasteiger partial charge in [-0.25, -0.2) is 11.9 Å². The van der Waals surface area contributed by atoms with E-state index in [2.05, 4.69) is 5.32 Å².